The molecule has 180 valence electrons. The molecule has 0 saturated carbocycles. The molecular weight excluding hydrogens is 460 g/mol. The number of benzene rings is 2. The maximum atomic E-state index is 13.2. The van der Waals surface area contributed by atoms with Crippen LogP contribution in [0.4, 0.5) is 11.4 Å². The first kappa shape index (κ1) is 23.7. The lowest BCUT2D eigenvalue weighted by Crippen LogP contribution is -2.50. The largest absolute Gasteiger partial charge is 0.478 e. The zero-order valence-corrected chi connectivity index (χ0v) is 19.7. The maximum absolute atomic E-state index is 13.2. The van der Waals surface area contributed by atoms with Crippen molar-refractivity contribution in [1.82, 2.24) is 9.21 Å². The molecule has 0 bridgehead atoms. The van der Waals surface area contributed by atoms with Crippen LogP contribution in [0.15, 0.2) is 47.4 Å². The topological polar surface area (TPSA) is 125 Å². The van der Waals surface area contributed by atoms with Crippen LogP contribution in [0.1, 0.15) is 30.6 Å². The number of anilines is 2. The molecule has 4 rings (SSSR count). The molecule has 11 heteroatoms. The quantitative estimate of drug-likeness (QED) is 0.665. The number of carbonyl (C=O) groups excluding carboxylic acids is 3. The number of hydrogen-bond acceptors (Lipinski definition) is 6. The number of nitrogens with zero attached hydrogens (tertiary/aromatic N) is 2. The van der Waals surface area contributed by atoms with Crippen molar-refractivity contribution >= 4 is 39.1 Å². The molecule has 2 heterocycles. The number of sulfonamides is 1. The normalized spacial score (nSPS) is 18.5. The Morgan fingerprint density at radius 3 is 2.38 bits per heavy atom. The summed E-state index contributed by atoms with van der Waals surface area (Å²) in [4.78, 5) is 37.7. The van der Waals surface area contributed by atoms with Gasteiger partial charge in [-0.05, 0) is 48.9 Å². The van der Waals surface area contributed by atoms with E-state index < -0.39 is 16.1 Å². The fourth-order valence-corrected chi connectivity index (χ4v) is 5.37. The number of ether oxygens (including phenoxy) is 1. The average molecular weight is 487 g/mol. The molecule has 2 aliphatic rings. The van der Waals surface area contributed by atoms with Crippen molar-refractivity contribution in [2.75, 3.05) is 36.8 Å². The van der Waals surface area contributed by atoms with E-state index in [1.807, 2.05) is 6.92 Å². The lowest BCUT2D eigenvalue weighted by atomic mass is 10.1. The van der Waals surface area contributed by atoms with Gasteiger partial charge in [0.2, 0.25) is 15.9 Å². The van der Waals surface area contributed by atoms with Gasteiger partial charge in [-0.25, -0.2) is 8.42 Å². The van der Waals surface area contributed by atoms with Crippen molar-refractivity contribution in [3.63, 3.8) is 0 Å². The van der Waals surface area contributed by atoms with E-state index in [1.165, 1.54) is 23.4 Å². The number of hydrogen-bond donors (Lipinski definition) is 2. The second kappa shape index (κ2) is 9.43. The Kier molecular flexibility index (Phi) is 6.58. The molecule has 3 amide bonds. The Morgan fingerprint density at radius 2 is 1.76 bits per heavy atom. The summed E-state index contributed by atoms with van der Waals surface area (Å²) in [5, 5.41) is 5.35. The van der Waals surface area contributed by atoms with Crippen LogP contribution >= 0.6 is 0 Å². The lowest BCUT2D eigenvalue weighted by Gasteiger charge is -2.34. The van der Waals surface area contributed by atoms with Gasteiger partial charge in [0.1, 0.15) is 5.75 Å². The van der Waals surface area contributed by atoms with E-state index in [1.54, 1.807) is 35.2 Å². The number of amides is 3. The van der Waals surface area contributed by atoms with Gasteiger partial charge in [0.15, 0.2) is 6.10 Å². The third-order valence-corrected chi connectivity index (χ3v) is 7.65. The number of piperazine rings is 1. The molecule has 0 aliphatic carbocycles. The van der Waals surface area contributed by atoms with E-state index >= 15 is 0 Å². The Balaban J connectivity index is 1.42. The number of carbonyl (C=O) groups is 3. The molecule has 1 fully saturated rings. The first-order valence-corrected chi connectivity index (χ1v) is 12.4. The van der Waals surface area contributed by atoms with Crippen LogP contribution in [-0.4, -0.2) is 67.6 Å². The molecule has 0 unspecified atom stereocenters. The van der Waals surface area contributed by atoms with Crippen molar-refractivity contribution < 1.29 is 27.5 Å². The summed E-state index contributed by atoms with van der Waals surface area (Å²) in [6.07, 6.45) is -0.0875. The number of fused-ring (bicyclic) bond motifs is 1. The third kappa shape index (κ3) is 4.75. The molecule has 0 aromatic heterocycles. The molecular formula is C23H26N4O6S. The van der Waals surface area contributed by atoms with Crippen molar-refractivity contribution in [1.29, 1.82) is 0 Å². The summed E-state index contributed by atoms with van der Waals surface area (Å²) in [7, 11) is -3.81. The summed E-state index contributed by atoms with van der Waals surface area (Å²) in [5.74, 6) is -0.270. The SMILES string of the molecule is CC[C@H]1Oc2ccc(S(=O)(=O)N3CCN(C(=O)c4ccc(NC(C)=O)cc4)CC3)cc2NC1=O. The highest BCUT2D eigenvalue weighted by Crippen LogP contribution is 2.33. The van der Waals surface area contributed by atoms with Crippen LogP contribution in [0.3, 0.4) is 0 Å². The van der Waals surface area contributed by atoms with E-state index in [2.05, 4.69) is 10.6 Å². The van der Waals surface area contributed by atoms with E-state index in [0.29, 0.717) is 29.1 Å². The molecule has 0 radical (unpaired) electrons. The highest BCUT2D eigenvalue weighted by molar-refractivity contribution is 7.89. The average Bonchev–Trinajstić information content (AvgIpc) is 2.83. The third-order valence-electron chi connectivity index (χ3n) is 5.76. The van der Waals surface area contributed by atoms with Crippen molar-refractivity contribution in [3.05, 3.63) is 48.0 Å². The Bertz CT molecular complexity index is 1220. The molecule has 2 aromatic rings. The predicted molar refractivity (Wildman–Crippen MR) is 125 cm³/mol. The van der Waals surface area contributed by atoms with Crippen molar-refractivity contribution in [3.8, 4) is 5.75 Å². The highest BCUT2D eigenvalue weighted by Gasteiger charge is 2.32. The smallest absolute Gasteiger partial charge is 0.265 e. The molecule has 34 heavy (non-hydrogen) atoms. The summed E-state index contributed by atoms with van der Waals surface area (Å²) in [6, 6.07) is 11.0. The van der Waals surface area contributed by atoms with Crippen LogP contribution < -0.4 is 15.4 Å². The fraction of sp³-hybridized carbons (Fsp3) is 0.348. The van der Waals surface area contributed by atoms with Crippen LogP contribution in [0.25, 0.3) is 0 Å². The second-order valence-corrected chi connectivity index (χ2v) is 10.1. The fourth-order valence-electron chi connectivity index (χ4n) is 3.92. The standard InChI is InChI=1S/C23H26N4O6S/c1-3-20-22(29)25-19-14-18(8-9-21(19)33-20)34(31,32)27-12-10-26(11-13-27)23(30)16-4-6-17(7-5-16)24-15(2)28/h4-9,14,20H,3,10-13H2,1-2H3,(H,24,28)(H,25,29)/t20-/m1/s1. The summed E-state index contributed by atoms with van der Waals surface area (Å²) in [6.45, 7) is 4.02. The van der Waals surface area contributed by atoms with Gasteiger partial charge >= 0.3 is 0 Å². The van der Waals surface area contributed by atoms with Gasteiger partial charge in [-0.2, -0.15) is 4.31 Å². The minimum atomic E-state index is -3.81. The number of rotatable bonds is 5. The van der Waals surface area contributed by atoms with Gasteiger partial charge in [0, 0.05) is 44.4 Å². The second-order valence-electron chi connectivity index (χ2n) is 8.12. The summed E-state index contributed by atoms with van der Waals surface area (Å²) in [5.41, 5.74) is 1.38. The Hall–Kier alpha value is -3.44. The van der Waals surface area contributed by atoms with Gasteiger partial charge in [0.25, 0.3) is 11.8 Å². The van der Waals surface area contributed by atoms with E-state index in [4.69, 9.17) is 4.74 Å². The van der Waals surface area contributed by atoms with Crippen molar-refractivity contribution in [2.24, 2.45) is 0 Å². The highest BCUT2D eigenvalue weighted by atomic mass is 32.2. The van der Waals surface area contributed by atoms with E-state index in [0.717, 1.165) is 0 Å². The van der Waals surface area contributed by atoms with Crippen LogP contribution in [-0.2, 0) is 19.6 Å². The van der Waals surface area contributed by atoms with Crippen LogP contribution in [0.2, 0.25) is 0 Å². The molecule has 2 aromatic carbocycles. The lowest BCUT2D eigenvalue weighted by molar-refractivity contribution is -0.123. The van der Waals surface area contributed by atoms with E-state index in [-0.39, 0.29) is 48.8 Å². The zero-order valence-electron chi connectivity index (χ0n) is 18.9. The molecule has 1 atom stereocenters. The van der Waals surface area contributed by atoms with Gasteiger partial charge in [0.05, 0.1) is 10.6 Å². The van der Waals surface area contributed by atoms with E-state index in [9.17, 15) is 22.8 Å². The van der Waals surface area contributed by atoms with Gasteiger partial charge in [-0.1, -0.05) is 6.92 Å². The van der Waals surface area contributed by atoms with Crippen LogP contribution in [0, 0.1) is 0 Å². The van der Waals surface area contributed by atoms with Gasteiger partial charge < -0.3 is 20.3 Å². The summed E-state index contributed by atoms with van der Waals surface area (Å²) >= 11 is 0. The Morgan fingerprint density at radius 1 is 1.09 bits per heavy atom. The molecule has 2 aliphatic heterocycles. The van der Waals surface area contributed by atoms with Gasteiger partial charge in [-0.15, -0.1) is 0 Å². The first-order valence-electron chi connectivity index (χ1n) is 11.0. The minimum Gasteiger partial charge on any atom is -0.478 e. The molecule has 10 nitrogen and oxygen atoms in total. The minimum absolute atomic E-state index is 0.0541. The number of nitrogens with one attached hydrogen (secondary N) is 2. The van der Waals surface area contributed by atoms with Crippen molar-refractivity contribution in [2.45, 2.75) is 31.3 Å². The summed E-state index contributed by atoms with van der Waals surface area (Å²) < 4.78 is 33.3. The monoisotopic (exact) mass is 486 g/mol. The van der Waals surface area contributed by atoms with Crippen LogP contribution in [0.5, 0.6) is 5.75 Å². The molecule has 0 spiro atoms. The Labute approximate surface area is 197 Å². The molecule has 1 saturated heterocycles. The molecule has 2 N–H and O–H groups in total. The van der Waals surface area contributed by atoms with Gasteiger partial charge in [-0.3, -0.25) is 14.4 Å². The maximum Gasteiger partial charge on any atom is 0.265 e. The zero-order chi connectivity index (χ0) is 24.5. The predicted octanol–water partition coefficient (Wildman–Crippen LogP) is 1.90. The first-order chi connectivity index (χ1) is 16.2.